The zero-order valence-electron chi connectivity index (χ0n) is 14.9. The van der Waals surface area contributed by atoms with Crippen molar-refractivity contribution in [2.24, 2.45) is 0 Å². The van der Waals surface area contributed by atoms with Gasteiger partial charge in [-0.3, -0.25) is 4.72 Å². The van der Waals surface area contributed by atoms with Crippen molar-refractivity contribution in [2.45, 2.75) is 19.8 Å². The molecule has 3 aromatic rings. The zero-order valence-corrected chi connectivity index (χ0v) is 16.5. The van der Waals surface area contributed by atoms with E-state index in [4.69, 9.17) is 0 Å². The Balaban J connectivity index is 1.78. The molecule has 2 N–H and O–H groups in total. The van der Waals surface area contributed by atoms with Gasteiger partial charge < -0.3 is 5.32 Å². The molecule has 0 fully saturated rings. The number of thiazole rings is 1. The first-order valence-corrected chi connectivity index (χ1v) is 11.0. The summed E-state index contributed by atoms with van der Waals surface area (Å²) in [6.07, 6.45) is 1.13. The molecular formula is C19H21N3O2S2. The van der Waals surface area contributed by atoms with Crippen molar-refractivity contribution in [1.82, 2.24) is 4.98 Å². The van der Waals surface area contributed by atoms with Gasteiger partial charge in [-0.1, -0.05) is 44.2 Å². The maximum atomic E-state index is 11.3. The van der Waals surface area contributed by atoms with Gasteiger partial charge >= 0.3 is 0 Å². The Morgan fingerprint density at radius 1 is 1.04 bits per heavy atom. The molecule has 0 saturated heterocycles. The van der Waals surface area contributed by atoms with E-state index in [-0.39, 0.29) is 0 Å². The molecule has 0 amide bonds. The van der Waals surface area contributed by atoms with Crippen LogP contribution in [-0.2, 0) is 10.0 Å². The van der Waals surface area contributed by atoms with Gasteiger partial charge in [-0.05, 0) is 29.7 Å². The highest BCUT2D eigenvalue weighted by molar-refractivity contribution is 7.92. The number of hydrogen-bond donors (Lipinski definition) is 2. The van der Waals surface area contributed by atoms with Crippen molar-refractivity contribution in [2.75, 3.05) is 16.3 Å². The smallest absolute Gasteiger partial charge is 0.229 e. The predicted octanol–water partition coefficient (Wildman–Crippen LogP) is 5.05. The molecule has 3 rings (SSSR count). The molecule has 5 nitrogen and oxygen atoms in total. The van der Waals surface area contributed by atoms with Gasteiger partial charge in [0.1, 0.15) is 0 Å². The number of aromatic nitrogens is 1. The number of para-hydroxylation sites is 1. The Hall–Kier alpha value is -2.38. The Kier molecular flexibility index (Phi) is 5.29. The lowest BCUT2D eigenvalue weighted by molar-refractivity contribution is 0.607. The van der Waals surface area contributed by atoms with E-state index in [1.807, 2.05) is 29.6 Å². The molecule has 0 spiro atoms. The van der Waals surface area contributed by atoms with E-state index >= 15 is 0 Å². The average molecular weight is 388 g/mol. The Bertz CT molecular complexity index is 994. The quantitative estimate of drug-likeness (QED) is 0.621. The number of hydrogen-bond acceptors (Lipinski definition) is 5. The first kappa shape index (κ1) is 18.4. The van der Waals surface area contributed by atoms with Crippen LogP contribution in [0.3, 0.4) is 0 Å². The third-order valence-electron chi connectivity index (χ3n) is 3.81. The molecule has 0 radical (unpaired) electrons. The normalized spacial score (nSPS) is 11.5. The van der Waals surface area contributed by atoms with Crippen molar-refractivity contribution >= 4 is 37.9 Å². The molecule has 0 saturated carbocycles. The van der Waals surface area contributed by atoms with E-state index in [2.05, 4.69) is 41.0 Å². The van der Waals surface area contributed by atoms with Crippen molar-refractivity contribution < 1.29 is 8.42 Å². The van der Waals surface area contributed by atoms with Gasteiger partial charge in [0.25, 0.3) is 0 Å². The van der Waals surface area contributed by atoms with Crippen molar-refractivity contribution in [3.05, 3.63) is 59.5 Å². The molecule has 0 atom stereocenters. The minimum absolute atomic E-state index is 0.424. The summed E-state index contributed by atoms with van der Waals surface area (Å²) in [7, 11) is -3.27. The molecule has 0 aliphatic carbocycles. The summed E-state index contributed by atoms with van der Waals surface area (Å²) in [5.74, 6) is 0.424. The fraction of sp³-hybridized carbons (Fsp3) is 0.211. The third kappa shape index (κ3) is 4.62. The first-order valence-electron chi connectivity index (χ1n) is 8.21. The number of sulfonamides is 1. The van der Waals surface area contributed by atoms with E-state index in [1.165, 1.54) is 5.56 Å². The van der Waals surface area contributed by atoms with Crippen LogP contribution in [0.4, 0.5) is 16.5 Å². The second kappa shape index (κ2) is 7.47. The van der Waals surface area contributed by atoms with E-state index in [0.29, 0.717) is 11.6 Å². The van der Waals surface area contributed by atoms with Crippen LogP contribution in [0.25, 0.3) is 11.3 Å². The molecule has 136 valence electrons. The van der Waals surface area contributed by atoms with Crippen LogP contribution in [0.2, 0.25) is 0 Å². The molecule has 7 heteroatoms. The van der Waals surface area contributed by atoms with Crippen molar-refractivity contribution in [1.29, 1.82) is 0 Å². The second-order valence-corrected chi connectivity index (χ2v) is 8.96. The van der Waals surface area contributed by atoms with Gasteiger partial charge in [-0.2, -0.15) is 0 Å². The fourth-order valence-corrected chi connectivity index (χ4v) is 3.91. The number of benzene rings is 2. The summed E-state index contributed by atoms with van der Waals surface area (Å²) < 4.78 is 25.0. The molecule has 0 bridgehead atoms. The lowest BCUT2D eigenvalue weighted by Crippen LogP contribution is -2.09. The van der Waals surface area contributed by atoms with Crippen LogP contribution >= 0.6 is 11.3 Å². The summed E-state index contributed by atoms with van der Waals surface area (Å²) >= 11 is 1.54. The molecule has 0 unspecified atom stereocenters. The predicted molar refractivity (Wildman–Crippen MR) is 110 cm³/mol. The topological polar surface area (TPSA) is 71.1 Å². The van der Waals surface area contributed by atoms with Crippen LogP contribution in [0.5, 0.6) is 0 Å². The SMILES string of the molecule is CC(C)c1ccccc1Nc1nc(-c2ccc(NS(C)(=O)=O)cc2)cs1. The van der Waals surface area contributed by atoms with E-state index in [0.717, 1.165) is 28.3 Å². The standard InChI is InChI=1S/C19H21N3O2S2/c1-13(2)16-6-4-5-7-17(16)20-19-21-18(12-25-19)14-8-10-15(11-9-14)22-26(3,23)24/h4-13,22H,1-3H3,(H,20,21). The van der Waals surface area contributed by atoms with Gasteiger partial charge in [0.2, 0.25) is 10.0 Å². The molecule has 1 aromatic heterocycles. The molecule has 26 heavy (non-hydrogen) atoms. The van der Waals surface area contributed by atoms with Crippen LogP contribution in [-0.4, -0.2) is 19.7 Å². The first-order chi connectivity index (χ1) is 12.3. The maximum absolute atomic E-state index is 11.3. The second-order valence-electron chi connectivity index (χ2n) is 6.36. The summed E-state index contributed by atoms with van der Waals surface area (Å²) in [5, 5.41) is 6.21. The van der Waals surface area contributed by atoms with Gasteiger partial charge in [-0.25, -0.2) is 13.4 Å². The summed E-state index contributed by atoms with van der Waals surface area (Å²) in [4.78, 5) is 4.65. The minimum Gasteiger partial charge on any atom is -0.331 e. The largest absolute Gasteiger partial charge is 0.331 e. The number of anilines is 3. The van der Waals surface area contributed by atoms with Crippen LogP contribution in [0, 0.1) is 0 Å². The zero-order chi connectivity index (χ0) is 18.7. The average Bonchev–Trinajstić information content (AvgIpc) is 3.03. The van der Waals surface area contributed by atoms with Gasteiger partial charge in [0.15, 0.2) is 5.13 Å². The van der Waals surface area contributed by atoms with Gasteiger partial charge in [0.05, 0.1) is 11.9 Å². The monoisotopic (exact) mass is 387 g/mol. The molecule has 0 aliphatic heterocycles. The summed E-state index contributed by atoms with van der Waals surface area (Å²) in [6, 6.07) is 15.4. The highest BCUT2D eigenvalue weighted by atomic mass is 32.2. The number of nitrogens with one attached hydrogen (secondary N) is 2. The van der Waals surface area contributed by atoms with Crippen LogP contribution in [0.15, 0.2) is 53.9 Å². The lowest BCUT2D eigenvalue weighted by atomic mass is 10.0. The lowest BCUT2D eigenvalue weighted by Gasteiger charge is -2.12. The number of rotatable bonds is 6. The highest BCUT2D eigenvalue weighted by Gasteiger charge is 2.10. The van der Waals surface area contributed by atoms with Crippen molar-refractivity contribution in [3.8, 4) is 11.3 Å². The van der Waals surface area contributed by atoms with Crippen molar-refractivity contribution in [3.63, 3.8) is 0 Å². The van der Waals surface area contributed by atoms with E-state index in [1.54, 1.807) is 23.5 Å². The van der Waals surface area contributed by atoms with Crippen LogP contribution in [0.1, 0.15) is 25.3 Å². The third-order valence-corrected chi connectivity index (χ3v) is 5.18. The summed E-state index contributed by atoms with van der Waals surface area (Å²) in [6.45, 7) is 4.33. The Morgan fingerprint density at radius 3 is 2.38 bits per heavy atom. The fourth-order valence-electron chi connectivity index (χ4n) is 2.62. The summed E-state index contributed by atoms with van der Waals surface area (Å²) in [5.41, 5.74) is 4.64. The number of nitrogens with zero attached hydrogens (tertiary/aromatic N) is 1. The molecule has 0 aliphatic rings. The van der Waals surface area contributed by atoms with Gasteiger partial charge in [0, 0.05) is 22.3 Å². The molecular weight excluding hydrogens is 366 g/mol. The van der Waals surface area contributed by atoms with E-state index < -0.39 is 10.0 Å². The Labute approximate surface area is 158 Å². The van der Waals surface area contributed by atoms with Crippen LogP contribution < -0.4 is 10.0 Å². The molecule has 2 aromatic carbocycles. The highest BCUT2D eigenvalue weighted by Crippen LogP contribution is 2.31. The molecule has 1 heterocycles. The van der Waals surface area contributed by atoms with E-state index in [9.17, 15) is 8.42 Å². The minimum atomic E-state index is -3.27. The van der Waals surface area contributed by atoms with Gasteiger partial charge in [-0.15, -0.1) is 11.3 Å². The maximum Gasteiger partial charge on any atom is 0.229 e. The Morgan fingerprint density at radius 2 is 1.73 bits per heavy atom.